The first-order valence-corrected chi connectivity index (χ1v) is 6.65. The molecule has 0 aliphatic heterocycles. The maximum absolute atomic E-state index is 11.7. The average molecular weight is 272 g/mol. The quantitative estimate of drug-likeness (QED) is 0.887. The minimum atomic E-state index is -0.121. The molecule has 0 amide bonds. The summed E-state index contributed by atoms with van der Waals surface area (Å²) in [6.45, 7) is 6.82. The molecule has 0 radical (unpaired) electrons. The van der Waals surface area contributed by atoms with Crippen LogP contribution in [0.4, 0.5) is 0 Å². The standard InChI is InChI=1S/C15H20N4O/c1-15(2,3)17-10-12-8-14(20)19-13(18-12)7-11-5-4-6-16-9-11/h4-6,8-9,17H,7,10H2,1-3H3,(H,18,19,20). The Balaban J connectivity index is 2.14. The van der Waals surface area contributed by atoms with Gasteiger partial charge in [0.15, 0.2) is 0 Å². The maximum Gasteiger partial charge on any atom is 0.251 e. The van der Waals surface area contributed by atoms with E-state index in [1.54, 1.807) is 12.4 Å². The summed E-state index contributed by atoms with van der Waals surface area (Å²) >= 11 is 0. The van der Waals surface area contributed by atoms with Crippen molar-refractivity contribution in [3.8, 4) is 0 Å². The van der Waals surface area contributed by atoms with E-state index < -0.39 is 0 Å². The normalized spacial score (nSPS) is 11.6. The van der Waals surface area contributed by atoms with Crippen molar-refractivity contribution in [2.24, 2.45) is 0 Å². The molecule has 5 heteroatoms. The van der Waals surface area contributed by atoms with Crippen molar-refractivity contribution >= 4 is 0 Å². The van der Waals surface area contributed by atoms with E-state index in [1.807, 2.05) is 12.1 Å². The Morgan fingerprint density at radius 2 is 2.15 bits per heavy atom. The third kappa shape index (κ3) is 4.59. The molecule has 0 saturated carbocycles. The molecule has 2 aromatic heterocycles. The van der Waals surface area contributed by atoms with Gasteiger partial charge in [0.2, 0.25) is 0 Å². The van der Waals surface area contributed by atoms with Crippen molar-refractivity contribution in [2.45, 2.75) is 39.3 Å². The smallest absolute Gasteiger partial charge is 0.251 e. The predicted molar refractivity (Wildman–Crippen MR) is 78.5 cm³/mol. The second kappa shape index (κ2) is 5.96. The van der Waals surface area contributed by atoms with E-state index in [2.05, 4.69) is 41.0 Å². The molecule has 0 fully saturated rings. The fourth-order valence-corrected chi connectivity index (χ4v) is 1.79. The molecular weight excluding hydrogens is 252 g/mol. The van der Waals surface area contributed by atoms with Crippen LogP contribution in [0.5, 0.6) is 0 Å². The summed E-state index contributed by atoms with van der Waals surface area (Å²) < 4.78 is 0. The molecule has 0 aromatic carbocycles. The topological polar surface area (TPSA) is 70.7 Å². The number of hydrogen-bond acceptors (Lipinski definition) is 4. The van der Waals surface area contributed by atoms with Crippen LogP contribution >= 0.6 is 0 Å². The van der Waals surface area contributed by atoms with E-state index in [1.165, 1.54) is 6.07 Å². The first kappa shape index (κ1) is 14.4. The van der Waals surface area contributed by atoms with Gasteiger partial charge in [-0.25, -0.2) is 4.98 Å². The molecule has 0 aliphatic rings. The Kier molecular flexibility index (Phi) is 4.29. The number of H-pyrrole nitrogens is 1. The van der Waals surface area contributed by atoms with E-state index in [0.717, 1.165) is 11.3 Å². The number of aromatic amines is 1. The number of aromatic nitrogens is 3. The Morgan fingerprint density at radius 1 is 1.35 bits per heavy atom. The second-order valence-corrected chi connectivity index (χ2v) is 5.83. The zero-order valence-corrected chi connectivity index (χ0v) is 12.1. The summed E-state index contributed by atoms with van der Waals surface area (Å²) in [4.78, 5) is 23.0. The van der Waals surface area contributed by atoms with Gasteiger partial charge in [-0.1, -0.05) is 6.07 Å². The highest BCUT2D eigenvalue weighted by atomic mass is 16.1. The molecule has 2 heterocycles. The summed E-state index contributed by atoms with van der Waals surface area (Å²) in [5, 5.41) is 3.33. The summed E-state index contributed by atoms with van der Waals surface area (Å²) in [5.41, 5.74) is 1.65. The molecule has 0 aliphatic carbocycles. The van der Waals surface area contributed by atoms with Crippen molar-refractivity contribution in [1.82, 2.24) is 20.3 Å². The number of hydrogen-bond donors (Lipinski definition) is 2. The highest BCUT2D eigenvalue weighted by Crippen LogP contribution is 2.04. The molecule has 0 bridgehead atoms. The second-order valence-electron chi connectivity index (χ2n) is 5.83. The van der Waals surface area contributed by atoms with Crippen LogP contribution in [-0.4, -0.2) is 20.5 Å². The average Bonchev–Trinajstić information content (AvgIpc) is 2.36. The van der Waals surface area contributed by atoms with E-state index >= 15 is 0 Å². The first-order chi connectivity index (χ1) is 9.42. The van der Waals surface area contributed by atoms with E-state index in [0.29, 0.717) is 18.8 Å². The van der Waals surface area contributed by atoms with Gasteiger partial charge in [-0.15, -0.1) is 0 Å². The van der Waals surface area contributed by atoms with Crippen molar-refractivity contribution in [3.05, 3.63) is 58.0 Å². The van der Waals surface area contributed by atoms with Crippen LogP contribution in [0.15, 0.2) is 35.4 Å². The molecule has 0 spiro atoms. The van der Waals surface area contributed by atoms with Crippen LogP contribution in [0.1, 0.15) is 37.9 Å². The van der Waals surface area contributed by atoms with Gasteiger partial charge in [0, 0.05) is 37.0 Å². The highest BCUT2D eigenvalue weighted by Gasteiger charge is 2.10. The zero-order valence-electron chi connectivity index (χ0n) is 12.1. The summed E-state index contributed by atoms with van der Waals surface area (Å²) in [5.74, 6) is 0.663. The zero-order chi connectivity index (χ0) is 14.6. The van der Waals surface area contributed by atoms with Gasteiger partial charge in [0.25, 0.3) is 5.56 Å². The molecule has 5 nitrogen and oxygen atoms in total. The summed E-state index contributed by atoms with van der Waals surface area (Å²) in [7, 11) is 0. The van der Waals surface area contributed by atoms with Crippen molar-refractivity contribution in [1.29, 1.82) is 0 Å². The molecule has 20 heavy (non-hydrogen) atoms. The Bertz CT molecular complexity index is 614. The van der Waals surface area contributed by atoms with Crippen LogP contribution in [0.25, 0.3) is 0 Å². The number of rotatable bonds is 4. The van der Waals surface area contributed by atoms with Gasteiger partial charge in [0.1, 0.15) is 5.82 Å². The van der Waals surface area contributed by atoms with Crippen molar-refractivity contribution < 1.29 is 0 Å². The van der Waals surface area contributed by atoms with Crippen LogP contribution in [0.2, 0.25) is 0 Å². The molecule has 2 aromatic rings. The van der Waals surface area contributed by atoms with Crippen molar-refractivity contribution in [2.75, 3.05) is 0 Å². The predicted octanol–water partition coefficient (Wildman–Crippen LogP) is 1.64. The lowest BCUT2D eigenvalue weighted by molar-refractivity contribution is 0.420. The third-order valence-corrected chi connectivity index (χ3v) is 2.74. The van der Waals surface area contributed by atoms with E-state index in [-0.39, 0.29) is 11.1 Å². The molecule has 2 N–H and O–H groups in total. The fourth-order valence-electron chi connectivity index (χ4n) is 1.79. The largest absolute Gasteiger partial charge is 0.310 e. The Morgan fingerprint density at radius 3 is 2.80 bits per heavy atom. The number of nitrogens with one attached hydrogen (secondary N) is 2. The molecule has 0 atom stereocenters. The van der Waals surface area contributed by atoms with Crippen LogP contribution in [0.3, 0.4) is 0 Å². The molecule has 2 rings (SSSR count). The van der Waals surface area contributed by atoms with Gasteiger partial charge in [0.05, 0.1) is 5.69 Å². The SMILES string of the molecule is CC(C)(C)NCc1cc(=O)[nH]c(Cc2cccnc2)n1. The van der Waals surface area contributed by atoms with Gasteiger partial charge in [-0.3, -0.25) is 9.78 Å². The van der Waals surface area contributed by atoms with Gasteiger partial charge in [-0.05, 0) is 32.4 Å². The van der Waals surface area contributed by atoms with Crippen LogP contribution < -0.4 is 10.9 Å². The highest BCUT2D eigenvalue weighted by molar-refractivity contribution is 5.15. The fraction of sp³-hybridized carbons (Fsp3) is 0.400. The minimum absolute atomic E-state index is 0.00615. The van der Waals surface area contributed by atoms with E-state index in [4.69, 9.17) is 0 Å². The number of nitrogens with zero attached hydrogens (tertiary/aromatic N) is 2. The van der Waals surface area contributed by atoms with Gasteiger partial charge >= 0.3 is 0 Å². The van der Waals surface area contributed by atoms with Crippen LogP contribution in [0, 0.1) is 0 Å². The molecule has 106 valence electrons. The van der Waals surface area contributed by atoms with Crippen LogP contribution in [-0.2, 0) is 13.0 Å². The lowest BCUT2D eigenvalue weighted by Crippen LogP contribution is -2.35. The molecular formula is C15H20N4O. The monoisotopic (exact) mass is 272 g/mol. The lowest BCUT2D eigenvalue weighted by Gasteiger charge is -2.20. The molecule has 0 unspecified atom stereocenters. The first-order valence-electron chi connectivity index (χ1n) is 6.65. The summed E-state index contributed by atoms with van der Waals surface area (Å²) in [6.07, 6.45) is 4.08. The van der Waals surface area contributed by atoms with Gasteiger partial charge in [-0.2, -0.15) is 0 Å². The Hall–Kier alpha value is -2.01. The van der Waals surface area contributed by atoms with E-state index in [9.17, 15) is 4.79 Å². The minimum Gasteiger partial charge on any atom is -0.310 e. The Labute approximate surface area is 118 Å². The molecule has 0 saturated heterocycles. The van der Waals surface area contributed by atoms with Gasteiger partial charge < -0.3 is 10.3 Å². The number of pyridine rings is 1. The summed E-state index contributed by atoms with van der Waals surface area (Å²) in [6, 6.07) is 5.37. The third-order valence-electron chi connectivity index (χ3n) is 2.74. The van der Waals surface area contributed by atoms with Crippen molar-refractivity contribution in [3.63, 3.8) is 0 Å². The lowest BCUT2D eigenvalue weighted by atomic mass is 10.1. The maximum atomic E-state index is 11.7.